The molecule has 1 N–H and O–H groups in total. The van der Waals surface area contributed by atoms with E-state index in [4.69, 9.17) is 0 Å². The Balaban J connectivity index is 1.65. The Bertz CT molecular complexity index is 1300. The van der Waals surface area contributed by atoms with Crippen LogP contribution in [0.5, 0.6) is 0 Å². The predicted molar refractivity (Wildman–Crippen MR) is 113 cm³/mol. The van der Waals surface area contributed by atoms with Gasteiger partial charge in [0.05, 0.1) is 22.4 Å². The van der Waals surface area contributed by atoms with Crippen LogP contribution in [0.2, 0.25) is 0 Å². The summed E-state index contributed by atoms with van der Waals surface area (Å²) in [4.78, 5) is 37.0. The second-order valence-electron chi connectivity index (χ2n) is 6.16. The van der Waals surface area contributed by atoms with E-state index >= 15 is 0 Å². The molecule has 2 aromatic heterocycles. The molecule has 0 aliphatic rings. The Kier molecular flexibility index (Phi) is 5.01. The lowest BCUT2D eigenvalue weighted by atomic mass is 10.2. The zero-order valence-corrected chi connectivity index (χ0v) is 16.1. The first-order chi connectivity index (χ1) is 14.0. The number of anilines is 2. The van der Waals surface area contributed by atoms with Gasteiger partial charge in [0.25, 0.3) is 5.56 Å². The number of thiazole rings is 1. The van der Waals surface area contributed by atoms with E-state index in [0.717, 1.165) is 0 Å². The van der Waals surface area contributed by atoms with Crippen molar-refractivity contribution < 1.29 is 9.18 Å². The molecule has 2 aromatic carbocycles. The minimum atomic E-state index is -0.512. The highest BCUT2D eigenvalue weighted by atomic mass is 32.1. The zero-order valence-electron chi connectivity index (χ0n) is 15.3. The van der Waals surface area contributed by atoms with Gasteiger partial charge in [-0.05, 0) is 36.4 Å². The molecule has 0 saturated carbocycles. The van der Waals surface area contributed by atoms with E-state index in [0.29, 0.717) is 21.9 Å². The number of halogens is 1. The van der Waals surface area contributed by atoms with Crippen LogP contribution in [0.1, 0.15) is 18.3 Å². The molecule has 6 nitrogen and oxygen atoms in total. The van der Waals surface area contributed by atoms with Gasteiger partial charge in [0.15, 0.2) is 5.13 Å². The number of amides is 1. The van der Waals surface area contributed by atoms with Crippen molar-refractivity contribution in [1.82, 2.24) is 15.0 Å². The van der Waals surface area contributed by atoms with E-state index in [-0.39, 0.29) is 22.8 Å². The molecular weight excluding hydrogens is 391 g/mol. The molecule has 1 amide bonds. The molecule has 0 saturated heterocycles. The normalized spacial score (nSPS) is 11.2. The van der Waals surface area contributed by atoms with Crippen molar-refractivity contribution in [2.45, 2.75) is 6.92 Å². The molecule has 4 aromatic rings. The van der Waals surface area contributed by atoms with E-state index in [9.17, 15) is 14.0 Å². The fourth-order valence-corrected chi connectivity index (χ4v) is 3.66. The van der Waals surface area contributed by atoms with Crippen molar-refractivity contribution in [2.24, 2.45) is 0 Å². The molecule has 0 spiro atoms. The van der Waals surface area contributed by atoms with E-state index < -0.39 is 5.82 Å². The van der Waals surface area contributed by atoms with E-state index in [1.165, 1.54) is 35.3 Å². The maximum Gasteiger partial charge on any atom is 0.274 e. The molecule has 0 fully saturated rings. The van der Waals surface area contributed by atoms with Gasteiger partial charge < -0.3 is 4.98 Å². The molecule has 2 heterocycles. The topological polar surface area (TPSA) is 79.0 Å². The summed E-state index contributed by atoms with van der Waals surface area (Å²) in [5, 5.41) is 2.06. The number of aromatic amines is 1. The van der Waals surface area contributed by atoms with Gasteiger partial charge in [-0.1, -0.05) is 24.3 Å². The minimum Gasteiger partial charge on any atom is -0.319 e. The van der Waals surface area contributed by atoms with Crippen LogP contribution in [0, 0.1) is 5.82 Å². The number of aromatic nitrogens is 3. The van der Waals surface area contributed by atoms with Gasteiger partial charge in [0.2, 0.25) is 5.91 Å². The number of rotatable bonds is 4. The minimum absolute atomic E-state index is 0.137. The van der Waals surface area contributed by atoms with Crippen LogP contribution >= 0.6 is 11.3 Å². The van der Waals surface area contributed by atoms with Gasteiger partial charge in [-0.2, -0.15) is 0 Å². The number of nitrogens with zero attached hydrogens (tertiary/aromatic N) is 3. The Morgan fingerprint density at radius 2 is 1.86 bits per heavy atom. The lowest BCUT2D eigenvalue weighted by molar-refractivity contribution is -0.115. The van der Waals surface area contributed by atoms with Crippen LogP contribution in [-0.2, 0) is 4.79 Å². The third kappa shape index (κ3) is 3.83. The van der Waals surface area contributed by atoms with E-state index in [1.807, 2.05) is 18.2 Å². The van der Waals surface area contributed by atoms with Crippen molar-refractivity contribution >= 4 is 51.2 Å². The van der Waals surface area contributed by atoms with Gasteiger partial charge in [-0.25, -0.2) is 14.4 Å². The number of carbonyl (C=O) groups is 1. The summed E-state index contributed by atoms with van der Waals surface area (Å²) in [6, 6.07) is 13.3. The number of para-hydroxylation sites is 3. The summed E-state index contributed by atoms with van der Waals surface area (Å²) in [6.45, 7) is 1.35. The Labute approximate surface area is 169 Å². The summed E-state index contributed by atoms with van der Waals surface area (Å²) >= 11 is 1.20. The molecular formula is C21H15FN4O2S. The quantitative estimate of drug-likeness (QED) is 0.546. The first-order valence-corrected chi connectivity index (χ1v) is 9.59. The highest BCUT2D eigenvalue weighted by molar-refractivity contribution is 7.14. The first-order valence-electron chi connectivity index (χ1n) is 8.71. The van der Waals surface area contributed by atoms with Gasteiger partial charge in [-0.15, -0.1) is 11.3 Å². The first kappa shape index (κ1) is 18.7. The molecule has 0 bridgehead atoms. The van der Waals surface area contributed by atoms with E-state index in [2.05, 4.69) is 15.0 Å². The van der Waals surface area contributed by atoms with Gasteiger partial charge in [-0.3, -0.25) is 14.5 Å². The third-order valence-electron chi connectivity index (χ3n) is 4.15. The average molecular weight is 406 g/mol. The maximum atomic E-state index is 14.2. The number of fused-ring (bicyclic) bond motifs is 1. The van der Waals surface area contributed by atoms with Crippen molar-refractivity contribution in [1.29, 1.82) is 0 Å². The standard InChI is InChI=1S/C21H15FN4O2S/c1-13(27)26(19-9-5-2-6-15(19)22)21-23-14(12-29-21)10-11-18-20(28)25-17-8-4-3-7-16(17)24-18/h2-12H,1H3,(H,25,28)/b11-10+. The van der Waals surface area contributed by atoms with Crippen LogP contribution in [0.15, 0.2) is 58.7 Å². The summed E-state index contributed by atoms with van der Waals surface area (Å²) in [5.74, 6) is -0.866. The molecule has 4 rings (SSSR count). The second kappa shape index (κ2) is 7.76. The molecule has 0 aliphatic heterocycles. The average Bonchev–Trinajstić information content (AvgIpc) is 3.16. The highest BCUT2D eigenvalue weighted by Gasteiger charge is 2.20. The van der Waals surface area contributed by atoms with Crippen molar-refractivity contribution in [3.8, 4) is 0 Å². The Morgan fingerprint density at radius 1 is 1.10 bits per heavy atom. The van der Waals surface area contributed by atoms with E-state index in [1.54, 1.807) is 35.7 Å². The molecule has 29 heavy (non-hydrogen) atoms. The lowest BCUT2D eigenvalue weighted by Gasteiger charge is -2.18. The number of hydrogen-bond acceptors (Lipinski definition) is 5. The summed E-state index contributed by atoms with van der Waals surface area (Å²) in [6.07, 6.45) is 3.19. The predicted octanol–water partition coefficient (Wildman–Crippen LogP) is 4.37. The Morgan fingerprint density at radius 3 is 2.66 bits per heavy atom. The van der Waals surface area contributed by atoms with Crippen molar-refractivity contribution in [3.05, 3.63) is 81.5 Å². The van der Waals surface area contributed by atoms with Crippen LogP contribution in [0.25, 0.3) is 23.2 Å². The number of benzene rings is 2. The number of nitrogens with one attached hydrogen (secondary N) is 1. The number of carbonyl (C=O) groups excluding carboxylic acids is 1. The van der Waals surface area contributed by atoms with Gasteiger partial charge >= 0.3 is 0 Å². The van der Waals surface area contributed by atoms with Crippen LogP contribution in [-0.4, -0.2) is 20.9 Å². The molecule has 8 heteroatoms. The zero-order chi connectivity index (χ0) is 20.4. The molecule has 0 aliphatic carbocycles. The van der Waals surface area contributed by atoms with Crippen LogP contribution in [0.3, 0.4) is 0 Å². The largest absolute Gasteiger partial charge is 0.319 e. The molecule has 0 atom stereocenters. The third-order valence-corrected chi connectivity index (χ3v) is 4.99. The number of H-pyrrole nitrogens is 1. The van der Waals surface area contributed by atoms with Gasteiger partial charge in [0, 0.05) is 12.3 Å². The molecule has 144 valence electrons. The summed E-state index contributed by atoms with van der Waals surface area (Å²) in [5.41, 5.74) is 1.93. The smallest absolute Gasteiger partial charge is 0.274 e. The SMILES string of the molecule is CC(=O)N(c1nc(/C=C/c2nc3ccccc3[nH]c2=O)cs1)c1ccccc1F. The highest BCUT2D eigenvalue weighted by Crippen LogP contribution is 2.31. The van der Waals surface area contributed by atoms with Crippen molar-refractivity contribution in [3.63, 3.8) is 0 Å². The fourth-order valence-electron chi connectivity index (χ4n) is 2.82. The second-order valence-corrected chi connectivity index (χ2v) is 7.00. The Hall–Kier alpha value is -3.65. The maximum absolute atomic E-state index is 14.2. The van der Waals surface area contributed by atoms with Crippen LogP contribution in [0.4, 0.5) is 15.2 Å². The monoisotopic (exact) mass is 406 g/mol. The molecule has 0 unspecified atom stereocenters. The van der Waals surface area contributed by atoms with Crippen molar-refractivity contribution in [2.75, 3.05) is 4.90 Å². The summed E-state index contributed by atoms with van der Waals surface area (Å²) in [7, 11) is 0. The number of hydrogen-bond donors (Lipinski definition) is 1. The summed E-state index contributed by atoms with van der Waals surface area (Å²) < 4.78 is 14.2. The lowest BCUT2D eigenvalue weighted by Crippen LogP contribution is -2.23. The van der Waals surface area contributed by atoms with Gasteiger partial charge in [0.1, 0.15) is 11.5 Å². The fraction of sp³-hybridized carbons (Fsp3) is 0.0476. The molecule has 0 radical (unpaired) electrons. The van der Waals surface area contributed by atoms with Crippen LogP contribution < -0.4 is 10.5 Å².